The number of benzene rings is 3. The molecule has 0 radical (unpaired) electrons. The summed E-state index contributed by atoms with van der Waals surface area (Å²) in [5, 5.41) is 5.02. The lowest BCUT2D eigenvalue weighted by Crippen LogP contribution is -2.20. The van der Waals surface area contributed by atoms with Crippen LogP contribution < -0.4 is 15.0 Å². The molecule has 0 fully saturated rings. The van der Waals surface area contributed by atoms with Crippen LogP contribution in [-0.2, 0) is 0 Å². The maximum Gasteiger partial charge on any atom is 0.282 e. The molecule has 0 aliphatic heterocycles. The van der Waals surface area contributed by atoms with Crippen LogP contribution in [0.4, 0.5) is 0 Å². The van der Waals surface area contributed by atoms with E-state index in [1.807, 2.05) is 43.3 Å². The standard InChI is InChI=1S/C25H23N3O3/c1-16-9-10-18(11-17(16)2)15-26-28-24(19-12-20(30-3)14-21(13-19)31-4)27-23-8-6-5-7-22(23)25(28)29/h5-15H,1-4H3. The van der Waals surface area contributed by atoms with Gasteiger partial charge in [0.15, 0.2) is 5.82 Å². The van der Waals surface area contributed by atoms with Crippen LogP contribution in [0.5, 0.6) is 11.5 Å². The molecule has 1 aromatic heterocycles. The molecule has 0 N–H and O–H groups in total. The van der Waals surface area contributed by atoms with Gasteiger partial charge in [0.25, 0.3) is 5.56 Å². The molecule has 3 aromatic carbocycles. The van der Waals surface area contributed by atoms with Gasteiger partial charge in [0.05, 0.1) is 31.3 Å². The summed E-state index contributed by atoms with van der Waals surface area (Å²) < 4.78 is 12.1. The molecule has 6 heteroatoms. The highest BCUT2D eigenvalue weighted by Crippen LogP contribution is 2.29. The number of para-hydroxylation sites is 1. The molecule has 0 bridgehead atoms. The Hall–Kier alpha value is -3.93. The number of rotatable bonds is 5. The summed E-state index contributed by atoms with van der Waals surface area (Å²) >= 11 is 0. The summed E-state index contributed by atoms with van der Waals surface area (Å²) in [6, 6.07) is 18.7. The minimum Gasteiger partial charge on any atom is -0.497 e. The number of hydrogen-bond acceptors (Lipinski definition) is 5. The highest BCUT2D eigenvalue weighted by molar-refractivity contribution is 5.82. The van der Waals surface area contributed by atoms with E-state index in [0.717, 1.165) is 11.1 Å². The van der Waals surface area contributed by atoms with Crippen molar-refractivity contribution in [2.24, 2.45) is 5.10 Å². The van der Waals surface area contributed by atoms with E-state index in [4.69, 9.17) is 14.5 Å². The Morgan fingerprint density at radius 2 is 1.61 bits per heavy atom. The number of aryl methyl sites for hydroxylation is 2. The highest BCUT2D eigenvalue weighted by atomic mass is 16.5. The molecule has 4 aromatic rings. The fraction of sp³-hybridized carbons (Fsp3) is 0.160. The number of fused-ring (bicyclic) bond motifs is 1. The van der Waals surface area contributed by atoms with E-state index in [0.29, 0.717) is 33.8 Å². The Labute approximate surface area is 180 Å². The molecule has 0 amide bonds. The quantitative estimate of drug-likeness (QED) is 0.449. The lowest BCUT2D eigenvalue weighted by atomic mass is 10.1. The predicted octanol–water partition coefficient (Wildman–Crippen LogP) is 4.58. The summed E-state index contributed by atoms with van der Waals surface area (Å²) in [7, 11) is 3.16. The summed E-state index contributed by atoms with van der Waals surface area (Å²) in [4.78, 5) is 18.1. The van der Waals surface area contributed by atoms with Crippen LogP contribution in [-0.4, -0.2) is 30.1 Å². The van der Waals surface area contributed by atoms with Crippen molar-refractivity contribution in [3.8, 4) is 22.9 Å². The van der Waals surface area contributed by atoms with Gasteiger partial charge >= 0.3 is 0 Å². The molecular weight excluding hydrogens is 390 g/mol. The third kappa shape index (κ3) is 4.05. The molecule has 0 spiro atoms. The second kappa shape index (κ2) is 8.44. The van der Waals surface area contributed by atoms with Gasteiger partial charge in [0.1, 0.15) is 11.5 Å². The summed E-state index contributed by atoms with van der Waals surface area (Å²) in [6.45, 7) is 4.10. The molecule has 0 saturated carbocycles. The summed E-state index contributed by atoms with van der Waals surface area (Å²) in [5.41, 5.74) is 4.27. The van der Waals surface area contributed by atoms with Gasteiger partial charge in [0.2, 0.25) is 0 Å². The van der Waals surface area contributed by atoms with E-state index in [2.05, 4.69) is 12.0 Å². The zero-order valence-corrected chi connectivity index (χ0v) is 17.9. The van der Waals surface area contributed by atoms with Crippen molar-refractivity contribution in [3.63, 3.8) is 0 Å². The van der Waals surface area contributed by atoms with Gasteiger partial charge in [-0.25, -0.2) is 4.98 Å². The number of nitrogens with zero attached hydrogens (tertiary/aromatic N) is 3. The number of hydrogen-bond donors (Lipinski definition) is 0. The van der Waals surface area contributed by atoms with Gasteiger partial charge in [-0.3, -0.25) is 4.79 Å². The summed E-state index contributed by atoms with van der Waals surface area (Å²) in [5.74, 6) is 1.60. The Kier molecular flexibility index (Phi) is 5.54. The summed E-state index contributed by atoms with van der Waals surface area (Å²) in [6.07, 6.45) is 1.67. The number of methoxy groups -OCH3 is 2. The Morgan fingerprint density at radius 1 is 0.903 bits per heavy atom. The molecular formula is C25H23N3O3. The van der Waals surface area contributed by atoms with Crippen molar-refractivity contribution in [2.45, 2.75) is 13.8 Å². The number of aromatic nitrogens is 2. The molecule has 31 heavy (non-hydrogen) atoms. The second-order valence-corrected chi connectivity index (χ2v) is 7.26. The smallest absolute Gasteiger partial charge is 0.282 e. The maximum absolute atomic E-state index is 13.3. The Morgan fingerprint density at radius 3 is 2.29 bits per heavy atom. The van der Waals surface area contributed by atoms with E-state index < -0.39 is 0 Å². The van der Waals surface area contributed by atoms with Crippen LogP contribution >= 0.6 is 0 Å². The van der Waals surface area contributed by atoms with Gasteiger partial charge in [-0.2, -0.15) is 9.78 Å². The van der Waals surface area contributed by atoms with Crippen LogP contribution in [0.3, 0.4) is 0 Å². The molecule has 6 nitrogen and oxygen atoms in total. The Bertz CT molecular complexity index is 1330. The van der Waals surface area contributed by atoms with Crippen molar-refractivity contribution >= 4 is 17.1 Å². The average molecular weight is 413 g/mol. The van der Waals surface area contributed by atoms with Crippen molar-refractivity contribution in [1.29, 1.82) is 0 Å². The van der Waals surface area contributed by atoms with Crippen molar-refractivity contribution in [3.05, 3.63) is 87.7 Å². The van der Waals surface area contributed by atoms with E-state index in [9.17, 15) is 4.79 Å². The predicted molar refractivity (Wildman–Crippen MR) is 123 cm³/mol. The first kappa shape index (κ1) is 20.3. The van der Waals surface area contributed by atoms with Crippen molar-refractivity contribution in [2.75, 3.05) is 14.2 Å². The molecule has 0 unspecified atom stereocenters. The van der Waals surface area contributed by atoms with Crippen LogP contribution in [0.15, 0.2) is 70.6 Å². The van der Waals surface area contributed by atoms with Gasteiger partial charge in [-0.1, -0.05) is 30.3 Å². The third-order valence-electron chi connectivity index (χ3n) is 5.22. The SMILES string of the molecule is COc1cc(OC)cc(-c2nc3ccccc3c(=O)n2N=Cc2ccc(C)c(C)c2)c1. The van der Waals surface area contributed by atoms with Crippen LogP contribution in [0.2, 0.25) is 0 Å². The highest BCUT2D eigenvalue weighted by Gasteiger charge is 2.14. The van der Waals surface area contributed by atoms with Crippen LogP contribution in [0, 0.1) is 13.8 Å². The molecule has 0 saturated heterocycles. The number of ether oxygens (including phenoxy) is 2. The molecule has 1 heterocycles. The first-order valence-electron chi connectivity index (χ1n) is 9.87. The van der Waals surface area contributed by atoms with Crippen LogP contribution in [0.25, 0.3) is 22.3 Å². The van der Waals surface area contributed by atoms with Crippen LogP contribution in [0.1, 0.15) is 16.7 Å². The lowest BCUT2D eigenvalue weighted by Gasteiger charge is -2.12. The van der Waals surface area contributed by atoms with Gasteiger partial charge in [-0.05, 0) is 54.8 Å². The fourth-order valence-electron chi connectivity index (χ4n) is 3.32. The maximum atomic E-state index is 13.3. The molecule has 156 valence electrons. The molecule has 4 rings (SSSR count). The average Bonchev–Trinajstić information content (AvgIpc) is 2.80. The van der Waals surface area contributed by atoms with E-state index in [-0.39, 0.29) is 5.56 Å². The molecule has 0 atom stereocenters. The minimum atomic E-state index is -0.248. The minimum absolute atomic E-state index is 0.248. The second-order valence-electron chi connectivity index (χ2n) is 7.26. The van der Waals surface area contributed by atoms with Gasteiger partial charge < -0.3 is 9.47 Å². The Balaban J connectivity index is 1.95. The lowest BCUT2D eigenvalue weighted by molar-refractivity contribution is 0.394. The normalized spacial score (nSPS) is 11.2. The third-order valence-corrected chi connectivity index (χ3v) is 5.22. The van der Waals surface area contributed by atoms with E-state index >= 15 is 0 Å². The first-order chi connectivity index (χ1) is 15.0. The topological polar surface area (TPSA) is 65.7 Å². The zero-order valence-electron chi connectivity index (χ0n) is 17.9. The fourth-order valence-corrected chi connectivity index (χ4v) is 3.32. The van der Waals surface area contributed by atoms with E-state index in [1.54, 1.807) is 44.7 Å². The van der Waals surface area contributed by atoms with Gasteiger partial charge in [-0.15, -0.1) is 0 Å². The molecule has 0 aliphatic rings. The van der Waals surface area contributed by atoms with Crippen molar-refractivity contribution in [1.82, 2.24) is 9.66 Å². The first-order valence-corrected chi connectivity index (χ1v) is 9.87. The monoisotopic (exact) mass is 413 g/mol. The van der Waals surface area contributed by atoms with E-state index in [1.165, 1.54) is 10.2 Å². The zero-order chi connectivity index (χ0) is 22.0. The van der Waals surface area contributed by atoms with Gasteiger partial charge in [0, 0.05) is 11.6 Å². The van der Waals surface area contributed by atoms with Crippen molar-refractivity contribution < 1.29 is 9.47 Å². The molecule has 0 aliphatic carbocycles. The largest absolute Gasteiger partial charge is 0.497 e.